The highest BCUT2D eigenvalue weighted by Gasteiger charge is 2.72. The third-order valence-corrected chi connectivity index (χ3v) is 7.70. The van der Waals surface area contributed by atoms with E-state index in [1.807, 2.05) is 0 Å². The Bertz CT molecular complexity index is 822. The third kappa shape index (κ3) is 1.99. The molecule has 1 aromatic carbocycles. The molecular formula is C22H28N2O3. The number of hydrogen-bond acceptors (Lipinski definition) is 5. The number of rotatable bonds is 3. The summed E-state index contributed by atoms with van der Waals surface area (Å²) in [5.74, 6) is 0.299. The number of para-hydroxylation sites is 1. The number of nitrogens with zero attached hydrogens (tertiary/aromatic N) is 2. The summed E-state index contributed by atoms with van der Waals surface area (Å²) in [6, 6.07) is 9.02. The maximum atomic E-state index is 12.0. The van der Waals surface area contributed by atoms with Gasteiger partial charge in [0.2, 0.25) is 0 Å². The summed E-state index contributed by atoms with van der Waals surface area (Å²) in [7, 11) is 3.57. The zero-order valence-corrected chi connectivity index (χ0v) is 16.4. The molecule has 144 valence electrons. The van der Waals surface area contributed by atoms with Crippen LogP contribution in [0.15, 0.2) is 35.9 Å². The van der Waals surface area contributed by atoms with E-state index in [0.29, 0.717) is 5.92 Å². The van der Waals surface area contributed by atoms with E-state index in [-0.39, 0.29) is 24.0 Å². The van der Waals surface area contributed by atoms with Crippen molar-refractivity contribution in [3.8, 4) is 0 Å². The monoisotopic (exact) mass is 368 g/mol. The number of likely N-dealkylation sites (N-methyl/N-ethyl adjacent to an activating group) is 1. The van der Waals surface area contributed by atoms with Crippen LogP contribution in [0.25, 0.3) is 0 Å². The standard InChI is InChI=1S/C22H28N2O3/c1-4-15-13-24-10-9-21-12-16(15)11-19(24)22(21,27-14-20(25)26-3)23(2)18-8-6-5-7-17(18)21/h4-8,16,19H,9-14H2,1-3H3/b15-4+. The van der Waals surface area contributed by atoms with E-state index in [1.54, 1.807) is 5.57 Å². The number of benzene rings is 1. The van der Waals surface area contributed by atoms with E-state index in [9.17, 15) is 4.79 Å². The molecule has 1 aliphatic carbocycles. The van der Waals surface area contributed by atoms with E-state index in [2.05, 4.69) is 54.1 Å². The van der Waals surface area contributed by atoms with Gasteiger partial charge in [-0.1, -0.05) is 29.8 Å². The van der Waals surface area contributed by atoms with Gasteiger partial charge in [-0.25, -0.2) is 4.79 Å². The molecule has 1 saturated carbocycles. The van der Waals surface area contributed by atoms with Crippen molar-refractivity contribution < 1.29 is 14.3 Å². The van der Waals surface area contributed by atoms with Crippen LogP contribution in [0, 0.1) is 5.92 Å². The summed E-state index contributed by atoms with van der Waals surface area (Å²) in [5, 5.41) is 0. The van der Waals surface area contributed by atoms with Gasteiger partial charge < -0.3 is 14.4 Å². The van der Waals surface area contributed by atoms with Gasteiger partial charge in [-0.15, -0.1) is 0 Å². The molecule has 0 N–H and O–H groups in total. The first-order valence-corrected chi connectivity index (χ1v) is 10.0. The number of allylic oxidation sites excluding steroid dienone is 1. The summed E-state index contributed by atoms with van der Waals surface area (Å²) in [4.78, 5) is 16.9. The molecule has 0 radical (unpaired) electrons. The topological polar surface area (TPSA) is 42.0 Å². The Morgan fingerprint density at radius 3 is 2.96 bits per heavy atom. The van der Waals surface area contributed by atoms with Crippen LogP contribution in [0.5, 0.6) is 0 Å². The van der Waals surface area contributed by atoms with E-state index in [0.717, 1.165) is 32.4 Å². The highest BCUT2D eigenvalue weighted by atomic mass is 16.6. The maximum absolute atomic E-state index is 12.0. The lowest BCUT2D eigenvalue weighted by atomic mass is 9.53. The van der Waals surface area contributed by atoms with Gasteiger partial charge in [0, 0.05) is 31.2 Å². The van der Waals surface area contributed by atoms with E-state index in [1.165, 1.54) is 18.4 Å². The molecule has 1 aromatic rings. The number of anilines is 1. The van der Waals surface area contributed by atoms with Gasteiger partial charge >= 0.3 is 5.97 Å². The number of esters is 1. The van der Waals surface area contributed by atoms with E-state index in [4.69, 9.17) is 9.47 Å². The number of fused-ring (bicyclic) bond motifs is 2. The predicted octanol–water partition coefficient (Wildman–Crippen LogP) is 2.70. The number of methoxy groups -OCH3 is 1. The van der Waals surface area contributed by atoms with E-state index >= 15 is 0 Å². The normalized spacial score (nSPS) is 38.0. The molecule has 4 unspecified atom stereocenters. The highest BCUT2D eigenvalue weighted by molar-refractivity contribution is 5.72. The van der Waals surface area contributed by atoms with Gasteiger partial charge in [0.25, 0.3) is 0 Å². The second kappa shape index (κ2) is 5.82. The Balaban J connectivity index is 1.69. The first kappa shape index (κ1) is 17.3. The van der Waals surface area contributed by atoms with Crippen LogP contribution in [0.4, 0.5) is 5.69 Å². The molecule has 2 saturated heterocycles. The Morgan fingerprint density at radius 2 is 2.19 bits per heavy atom. The van der Waals surface area contributed by atoms with E-state index < -0.39 is 5.72 Å². The van der Waals surface area contributed by atoms with Gasteiger partial charge in [0.1, 0.15) is 6.61 Å². The fourth-order valence-corrected chi connectivity index (χ4v) is 6.62. The summed E-state index contributed by atoms with van der Waals surface area (Å²) in [5.41, 5.74) is 3.63. The number of hydrogen-bond donors (Lipinski definition) is 0. The molecule has 3 aliphatic heterocycles. The van der Waals surface area contributed by atoms with Gasteiger partial charge in [0.05, 0.1) is 13.2 Å². The summed E-state index contributed by atoms with van der Waals surface area (Å²) in [6.07, 6.45) is 5.58. The summed E-state index contributed by atoms with van der Waals surface area (Å²) >= 11 is 0. The molecule has 27 heavy (non-hydrogen) atoms. The molecule has 0 aromatic heterocycles. The van der Waals surface area contributed by atoms with Crippen molar-refractivity contribution in [2.75, 3.05) is 38.8 Å². The number of ether oxygens (including phenoxy) is 2. The lowest BCUT2D eigenvalue weighted by Crippen LogP contribution is -2.77. The van der Waals surface area contributed by atoms with Crippen LogP contribution < -0.4 is 4.90 Å². The van der Waals surface area contributed by atoms with Crippen molar-refractivity contribution in [2.24, 2.45) is 5.92 Å². The molecule has 3 heterocycles. The molecule has 4 aliphatic rings. The van der Waals surface area contributed by atoms with Crippen LogP contribution in [-0.4, -0.2) is 56.5 Å². The minimum Gasteiger partial charge on any atom is -0.467 e. The zero-order valence-electron chi connectivity index (χ0n) is 16.4. The van der Waals surface area contributed by atoms with Crippen molar-refractivity contribution in [3.05, 3.63) is 41.5 Å². The summed E-state index contributed by atoms with van der Waals surface area (Å²) in [6.45, 7) is 4.28. The molecule has 5 rings (SSSR count). The van der Waals surface area contributed by atoms with Crippen molar-refractivity contribution >= 4 is 11.7 Å². The van der Waals surface area contributed by atoms with Gasteiger partial charge in [-0.3, -0.25) is 4.90 Å². The lowest BCUT2D eigenvalue weighted by molar-refractivity contribution is -0.207. The number of carbonyl (C=O) groups is 1. The average molecular weight is 368 g/mol. The Kier molecular flexibility index (Phi) is 3.72. The predicted molar refractivity (Wildman–Crippen MR) is 104 cm³/mol. The molecule has 3 bridgehead atoms. The zero-order chi connectivity index (χ0) is 18.8. The largest absolute Gasteiger partial charge is 0.467 e. The number of carbonyl (C=O) groups excluding carboxylic acids is 1. The van der Waals surface area contributed by atoms with Crippen LogP contribution in [0.1, 0.15) is 31.7 Å². The Labute approximate surface area is 160 Å². The van der Waals surface area contributed by atoms with Gasteiger partial charge in [-0.05, 0) is 43.7 Å². The maximum Gasteiger partial charge on any atom is 0.331 e. The SMILES string of the molecule is C/C=C1\CN2CCC34CC1CC2C3(OCC(=O)OC)N(C)c1ccccc14. The molecular weight excluding hydrogens is 340 g/mol. The molecule has 0 spiro atoms. The minimum atomic E-state index is -0.501. The average Bonchev–Trinajstić information content (AvgIpc) is 2.92. The fourth-order valence-electron chi connectivity index (χ4n) is 6.62. The molecule has 0 amide bonds. The highest BCUT2D eigenvalue weighted by Crippen LogP contribution is 2.66. The smallest absolute Gasteiger partial charge is 0.331 e. The van der Waals surface area contributed by atoms with Crippen molar-refractivity contribution in [1.29, 1.82) is 0 Å². The lowest BCUT2D eigenvalue weighted by Gasteiger charge is -2.66. The minimum absolute atomic E-state index is 0.00204. The summed E-state index contributed by atoms with van der Waals surface area (Å²) < 4.78 is 11.5. The fraction of sp³-hybridized carbons (Fsp3) is 0.591. The van der Waals surface area contributed by atoms with Crippen LogP contribution in [0.2, 0.25) is 0 Å². The first-order chi connectivity index (χ1) is 13.1. The Hall–Kier alpha value is -1.85. The second-order valence-corrected chi connectivity index (χ2v) is 8.46. The molecule has 3 fully saturated rings. The first-order valence-electron chi connectivity index (χ1n) is 10.0. The quantitative estimate of drug-likeness (QED) is 0.606. The van der Waals surface area contributed by atoms with Crippen LogP contribution in [-0.2, 0) is 19.7 Å². The third-order valence-electron chi connectivity index (χ3n) is 7.70. The van der Waals surface area contributed by atoms with Crippen molar-refractivity contribution in [2.45, 2.75) is 43.4 Å². The number of piperidine rings is 2. The molecule has 5 nitrogen and oxygen atoms in total. The van der Waals surface area contributed by atoms with Gasteiger partial charge in [-0.2, -0.15) is 0 Å². The molecule has 5 heteroatoms. The van der Waals surface area contributed by atoms with Crippen LogP contribution in [0.3, 0.4) is 0 Å². The van der Waals surface area contributed by atoms with Crippen LogP contribution >= 0.6 is 0 Å². The second-order valence-electron chi connectivity index (χ2n) is 8.46. The molecule has 4 atom stereocenters. The van der Waals surface area contributed by atoms with Crippen molar-refractivity contribution in [3.63, 3.8) is 0 Å². The van der Waals surface area contributed by atoms with Gasteiger partial charge in [0.15, 0.2) is 5.72 Å². The van der Waals surface area contributed by atoms with Crippen molar-refractivity contribution in [1.82, 2.24) is 4.90 Å². The Morgan fingerprint density at radius 1 is 1.37 bits per heavy atom.